The molecular formula is C15H21N3O3. The van der Waals surface area contributed by atoms with E-state index < -0.39 is 6.03 Å². The second kappa shape index (κ2) is 5.91. The third-order valence-corrected chi connectivity index (χ3v) is 4.08. The Labute approximate surface area is 124 Å². The lowest BCUT2D eigenvalue weighted by atomic mass is 9.90. The van der Waals surface area contributed by atoms with Crippen LogP contribution in [0.1, 0.15) is 25.7 Å². The molecule has 0 atom stereocenters. The SMILES string of the molecule is NC(=O)Nc1ccc(NC2CCC3(CC2)OCCO3)cc1. The first-order valence-electron chi connectivity index (χ1n) is 7.36. The van der Waals surface area contributed by atoms with E-state index >= 15 is 0 Å². The van der Waals surface area contributed by atoms with E-state index in [-0.39, 0.29) is 5.79 Å². The van der Waals surface area contributed by atoms with E-state index in [1.165, 1.54) is 0 Å². The molecule has 6 nitrogen and oxygen atoms in total. The quantitative estimate of drug-likeness (QED) is 0.797. The van der Waals surface area contributed by atoms with Crippen molar-refractivity contribution in [1.29, 1.82) is 0 Å². The largest absolute Gasteiger partial charge is 0.382 e. The number of benzene rings is 1. The zero-order valence-electron chi connectivity index (χ0n) is 11.9. The summed E-state index contributed by atoms with van der Waals surface area (Å²) in [6, 6.07) is 7.43. The van der Waals surface area contributed by atoms with Crippen molar-refractivity contribution < 1.29 is 14.3 Å². The number of carbonyl (C=O) groups excluding carboxylic acids is 1. The van der Waals surface area contributed by atoms with E-state index in [9.17, 15) is 4.79 Å². The maximum atomic E-state index is 10.8. The molecule has 1 aliphatic carbocycles. The Morgan fingerprint density at radius 2 is 1.67 bits per heavy atom. The van der Waals surface area contributed by atoms with Crippen LogP contribution in [0.25, 0.3) is 0 Å². The normalized spacial score (nSPS) is 21.3. The molecule has 1 aliphatic heterocycles. The second-order valence-electron chi connectivity index (χ2n) is 5.59. The monoisotopic (exact) mass is 291 g/mol. The first-order chi connectivity index (χ1) is 10.2. The Hall–Kier alpha value is -1.79. The number of ether oxygens (including phenoxy) is 2. The molecule has 1 aromatic rings. The molecule has 114 valence electrons. The van der Waals surface area contributed by atoms with Crippen molar-refractivity contribution >= 4 is 17.4 Å². The highest BCUT2D eigenvalue weighted by Crippen LogP contribution is 2.36. The van der Waals surface area contributed by atoms with E-state index in [1.807, 2.05) is 24.3 Å². The number of hydrogen-bond donors (Lipinski definition) is 3. The van der Waals surface area contributed by atoms with Gasteiger partial charge in [-0.25, -0.2) is 4.79 Å². The predicted molar refractivity (Wildman–Crippen MR) is 80.2 cm³/mol. The smallest absolute Gasteiger partial charge is 0.316 e. The van der Waals surface area contributed by atoms with Gasteiger partial charge in [-0.15, -0.1) is 0 Å². The van der Waals surface area contributed by atoms with Crippen LogP contribution in [0.15, 0.2) is 24.3 Å². The number of nitrogens with two attached hydrogens (primary N) is 1. The zero-order chi connectivity index (χ0) is 14.7. The maximum Gasteiger partial charge on any atom is 0.316 e. The molecule has 2 amide bonds. The highest BCUT2D eigenvalue weighted by atomic mass is 16.7. The fourth-order valence-electron chi connectivity index (χ4n) is 3.02. The molecule has 0 bridgehead atoms. The first kappa shape index (κ1) is 14.2. The Kier molecular flexibility index (Phi) is 3.98. The fourth-order valence-corrected chi connectivity index (χ4v) is 3.02. The molecule has 1 spiro atoms. The van der Waals surface area contributed by atoms with Crippen molar-refractivity contribution in [3.8, 4) is 0 Å². The topological polar surface area (TPSA) is 85.6 Å². The second-order valence-corrected chi connectivity index (χ2v) is 5.59. The molecule has 0 unspecified atom stereocenters. The summed E-state index contributed by atoms with van der Waals surface area (Å²) in [5, 5.41) is 6.06. The van der Waals surface area contributed by atoms with Crippen molar-refractivity contribution in [3.63, 3.8) is 0 Å². The zero-order valence-corrected chi connectivity index (χ0v) is 11.9. The number of hydrogen-bond acceptors (Lipinski definition) is 4. The standard InChI is InChI=1S/C15H21N3O3/c16-14(19)18-12-3-1-11(2-4-12)17-13-5-7-15(8-6-13)20-9-10-21-15/h1-4,13,17H,5-10H2,(H3,16,18,19). The summed E-state index contributed by atoms with van der Waals surface area (Å²) < 4.78 is 11.5. The predicted octanol–water partition coefficient (Wildman–Crippen LogP) is 2.27. The average molecular weight is 291 g/mol. The maximum absolute atomic E-state index is 10.8. The van der Waals surface area contributed by atoms with Crippen molar-refractivity contribution in [2.45, 2.75) is 37.5 Å². The summed E-state index contributed by atoms with van der Waals surface area (Å²) in [7, 11) is 0. The highest BCUT2D eigenvalue weighted by molar-refractivity contribution is 5.87. The lowest BCUT2D eigenvalue weighted by molar-refractivity contribution is -0.177. The Morgan fingerprint density at radius 1 is 1.10 bits per heavy atom. The molecule has 1 saturated carbocycles. The van der Waals surface area contributed by atoms with Crippen LogP contribution in [0.2, 0.25) is 0 Å². The van der Waals surface area contributed by atoms with Gasteiger partial charge in [0.25, 0.3) is 0 Å². The van der Waals surface area contributed by atoms with Gasteiger partial charge in [-0.2, -0.15) is 0 Å². The van der Waals surface area contributed by atoms with Crippen LogP contribution in [0.5, 0.6) is 0 Å². The number of primary amides is 1. The van der Waals surface area contributed by atoms with Gasteiger partial charge >= 0.3 is 6.03 Å². The number of anilines is 2. The fraction of sp³-hybridized carbons (Fsp3) is 0.533. The first-order valence-corrected chi connectivity index (χ1v) is 7.36. The van der Waals surface area contributed by atoms with Gasteiger partial charge in [-0.3, -0.25) is 0 Å². The summed E-state index contributed by atoms with van der Waals surface area (Å²) >= 11 is 0. The molecule has 21 heavy (non-hydrogen) atoms. The van der Waals surface area contributed by atoms with Gasteiger partial charge in [0.15, 0.2) is 5.79 Å². The van der Waals surface area contributed by atoms with E-state index in [4.69, 9.17) is 15.2 Å². The minimum atomic E-state index is -0.551. The lowest BCUT2D eigenvalue weighted by Crippen LogP contribution is -2.39. The van der Waals surface area contributed by atoms with Crippen LogP contribution in [0.4, 0.5) is 16.2 Å². The van der Waals surface area contributed by atoms with Crippen LogP contribution < -0.4 is 16.4 Å². The molecule has 1 heterocycles. The Morgan fingerprint density at radius 3 is 2.24 bits per heavy atom. The van der Waals surface area contributed by atoms with Crippen LogP contribution in [0, 0.1) is 0 Å². The molecule has 2 aliphatic rings. The third-order valence-electron chi connectivity index (χ3n) is 4.08. The summed E-state index contributed by atoms with van der Waals surface area (Å²) in [4.78, 5) is 10.8. The highest BCUT2D eigenvalue weighted by Gasteiger charge is 2.40. The van der Waals surface area contributed by atoms with Crippen molar-refractivity contribution in [2.24, 2.45) is 5.73 Å². The van der Waals surface area contributed by atoms with Crippen LogP contribution >= 0.6 is 0 Å². The van der Waals surface area contributed by atoms with Crippen molar-refractivity contribution in [1.82, 2.24) is 0 Å². The van der Waals surface area contributed by atoms with Gasteiger partial charge in [-0.1, -0.05) is 0 Å². The number of rotatable bonds is 3. The molecule has 0 radical (unpaired) electrons. The molecule has 0 aromatic heterocycles. The molecule has 6 heteroatoms. The molecule has 1 saturated heterocycles. The van der Waals surface area contributed by atoms with E-state index in [2.05, 4.69) is 10.6 Å². The summed E-state index contributed by atoms with van der Waals surface area (Å²) in [6.07, 6.45) is 3.93. The lowest BCUT2D eigenvalue weighted by Gasteiger charge is -2.36. The van der Waals surface area contributed by atoms with Gasteiger partial charge in [-0.05, 0) is 37.1 Å². The Bertz CT molecular complexity index is 487. The van der Waals surface area contributed by atoms with E-state index in [0.29, 0.717) is 24.9 Å². The molecular weight excluding hydrogens is 270 g/mol. The molecule has 3 rings (SSSR count). The molecule has 4 N–H and O–H groups in total. The van der Waals surface area contributed by atoms with Crippen molar-refractivity contribution in [3.05, 3.63) is 24.3 Å². The van der Waals surface area contributed by atoms with Gasteiger partial charge in [0.2, 0.25) is 0 Å². The van der Waals surface area contributed by atoms with E-state index in [0.717, 1.165) is 31.4 Å². The minimum Gasteiger partial charge on any atom is -0.382 e. The minimum absolute atomic E-state index is 0.312. The van der Waals surface area contributed by atoms with Crippen LogP contribution in [-0.2, 0) is 9.47 Å². The number of carbonyl (C=O) groups is 1. The summed E-state index contributed by atoms with van der Waals surface area (Å²) in [5.41, 5.74) is 6.82. The molecule has 1 aromatic carbocycles. The number of nitrogens with one attached hydrogen (secondary N) is 2. The van der Waals surface area contributed by atoms with Crippen LogP contribution in [0.3, 0.4) is 0 Å². The number of urea groups is 1. The number of amides is 2. The van der Waals surface area contributed by atoms with E-state index in [1.54, 1.807) is 0 Å². The van der Waals surface area contributed by atoms with Gasteiger partial charge in [0, 0.05) is 30.3 Å². The Balaban J connectivity index is 1.52. The van der Waals surface area contributed by atoms with Gasteiger partial charge in [0.05, 0.1) is 13.2 Å². The average Bonchev–Trinajstić information content (AvgIpc) is 2.92. The molecule has 2 fully saturated rings. The van der Waals surface area contributed by atoms with Crippen molar-refractivity contribution in [2.75, 3.05) is 23.8 Å². The third kappa shape index (κ3) is 3.46. The van der Waals surface area contributed by atoms with Gasteiger partial charge in [0.1, 0.15) is 0 Å². The van der Waals surface area contributed by atoms with Crippen LogP contribution in [-0.4, -0.2) is 31.1 Å². The van der Waals surface area contributed by atoms with Gasteiger partial charge < -0.3 is 25.8 Å². The summed E-state index contributed by atoms with van der Waals surface area (Å²) in [5.74, 6) is -0.312. The summed E-state index contributed by atoms with van der Waals surface area (Å²) in [6.45, 7) is 1.43.